The molecule has 4 nitrogen and oxygen atoms in total. The van der Waals surface area contributed by atoms with Gasteiger partial charge in [0, 0.05) is 11.9 Å². The van der Waals surface area contributed by atoms with Crippen LogP contribution in [0.1, 0.15) is 11.8 Å². The van der Waals surface area contributed by atoms with Crippen molar-refractivity contribution in [2.75, 3.05) is 13.6 Å². The first kappa shape index (κ1) is 13.6. The lowest BCUT2D eigenvalue weighted by Gasteiger charge is -2.14. The Labute approximate surface area is 105 Å². The summed E-state index contributed by atoms with van der Waals surface area (Å²) in [4.78, 5) is 1.21. The zero-order valence-corrected chi connectivity index (χ0v) is 11.6. The van der Waals surface area contributed by atoms with Crippen LogP contribution < -0.4 is 5.73 Å². The number of thiocarbonyl (C=S) groups is 1. The van der Waals surface area contributed by atoms with Crippen molar-refractivity contribution in [3.8, 4) is 0 Å². The fourth-order valence-electron chi connectivity index (χ4n) is 1.14. The second-order valence-corrected chi connectivity index (χ2v) is 7.27. The van der Waals surface area contributed by atoms with Gasteiger partial charge in [0.25, 0.3) is 10.0 Å². The lowest BCUT2D eigenvalue weighted by atomic mass is 10.4. The Hall–Kier alpha value is -0.500. The molecule has 0 aliphatic rings. The molecule has 0 atom stereocenters. The van der Waals surface area contributed by atoms with Crippen molar-refractivity contribution >= 4 is 38.6 Å². The predicted octanol–water partition coefficient (Wildman–Crippen LogP) is 1.22. The summed E-state index contributed by atoms with van der Waals surface area (Å²) in [6.07, 6.45) is 0.833. The highest BCUT2D eigenvalue weighted by molar-refractivity contribution is 7.91. The minimum atomic E-state index is -3.44. The lowest BCUT2D eigenvalue weighted by molar-refractivity contribution is 0.508. The van der Waals surface area contributed by atoms with E-state index in [2.05, 4.69) is 0 Å². The third-order valence-corrected chi connectivity index (χ3v) is 5.66. The highest BCUT2D eigenvalue weighted by Crippen LogP contribution is 2.24. The van der Waals surface area contributed by atoms with E-state index in [1.807, 2.05) is 13.0 Å². The molecule has 0 bridgehead atoms. The van der Waals surface area contributed by atoms with Crippen molar-refractivity contribution in [3.05, 3.63) is 17.0 Å². The first-order valence-electron chi connectivity index (χ1n) is 4.71. The van der Waals surface area contributed by atoms with Gasteiger partial charge in [0.05, 0.1) is 11.5 Å². The van der Waals surface area contributed by atoms with Crippen molar-refractivity contribution < 1.29 is 8.42 Å². The fourth-order valence-corrected chi connectivity index (χ4v) is 4.08. The molecule has 0 radical (unpaired) electrons. The van der Waals surface area contributed by atoms with Gasteiger partial charge in [-0.3, -0.25) is 0 Å². The van der Waals surface area contributed by atoms with Crippen LogP contribution in [0, 0.1) is 0 Å². The molecule has 90 valence electrons. The molecule has 1 aromatic rings. The molecule has 2 N–H and O–H groups in total. The second-order valence-electron chi connectivity index (χ2n) is 3.30. The van der Waals surface area contributed by atoms with E-state index in [0.717, 1.165) is 11.3 Å². The van der Waals surface area contributed by atoms with Gasteiger partial charge in [0.15, 0.2) is 0 Å². The maximum absolute atomic E-state index is 12.0. The van der Waals surface area contributed by atoms with Crippen LogP contribution in [0.25, 0.3) is 0 Å². The molecule has 0 unspecified atom stereocenters. The van der Waals surface area contributed by atoms with Gasteiger partial charge in [-0.05, 0) is 18.6 Å². The maximum atomic E-state index is 12.0. The van der Waals surface area contributed by atoms with E-state index in [0.29, 0.717) is 4.21 Å². The number of likely N-dealkylation sites (N-methyl/N-ethyl adjacent to an activating group) is 1. The van der Waals surface area contributed by atoms with Gasteiger partial charge in [-0.15, -0.1) is 11.3 Å². The third-order valence-electron chi connectivity index (χ3n) is 2.03. The van der Waals surface area contributed by atoms with E-state index < -0.39 is 10.0 Å². The molecule has 0 aromatic carbocycles. The van der Waals surface area contributed by atoms with E-state index in [9.17, 15) is 8.42 Å². The Morgan fingerprint density at radius 1 is 1.56 bits per heavy atom. The summed E-state index contributed by atoms with van der Waals surface area (Å²) in [7, 11) is -1.97. The summed E-state index contributed by atoms with van der Waals surface area (Å²) in [5.74, 6) is 0. The van der Waals surface area contributed by atoms with E-state index in [1.165, 1.54) is 22.7 Å². The van der Waals surface area contributed by atoms with Crippen LogP contribution in [-0.4, -0.2) is 31.3 Å². The predicted molar refractivity (Wildman–Crippen MR) is 70.3 cm³/mol. The van der Waals surface area contributed by atoms with Gasteiger partial charge in [0.1, 0.15) is 4.21 Å². The van der Waals surface area contributed by atoms with Crippen LogP contribution in [0.4, 0.5) is 0 Å². The van der Waals surface area contributed by atoms with Gasteiger partial charge in [-0.1, -0.05) is 19.1 Å². The zero-order chi connectivity index (χ0) is 12.3. The van der Waals surface area contributed by atoms with Crippen molar-refractivity contribution in [2.45, 2.75) is 17.6 Å². The molecule has 0 spiro atoms. The van der Waals surface area contributed by atoms with Gasteiger partial charge in [-0.2, -0.15) is 4.31 Å². The molecule has 1 heterocycles. The Balaban J connectivity index is 2.97. The minimum absolute atomic E-state index is 0.0665. The second kappa shape index (κ2) is 5.22. The standard InChI is InChI=1S/C9H14N2O2S3/c1-3-7-4-5-9(15-7)16(12,13)11(2)6-8(10)14/h4-5H,3,6H2,1-2H3,(H2,10,14). The molecular formula is C9H14N2O2S3. The number of aryl methyl sites for hydroxylation is 1. The van der Waals surface area contributed by atoms with Crippen molar-refractivity contribution in [1.29, 1.82) is 0 Å². The van der Waals surface area contributed by atoms with Gasteiger partial charge < -0.3 is 5.73 Å². The van der Waals surface area contributed by atoms with Crippen LogP contribution >= 0.6 is 23.6 Å². The number of hydrogen-bond acceptors (Lipinski definition) is 4. The Morgan fingerprint density at radius 2 is 2.19 bits per heavy atom. The molecule has 0 saturated carbocycles. The number of hydrogen-bond donors (Lipinski definition) is 1. The average Bonchev–Trinajstić information content (AvgIpc) is 2.65. The number of rotatable bonds is 5. The summed E-state index contributed by atoms with van der Waals surface area (Å²) in [6.45, 7) is 2.05. The van der Waals surface area contributed by atoms with Crippen LogP contribution in [0.3, 0.4) is 0 Å². The van der Waals surface area contributed by atoms with Gasteiger partial charge in [-0.25, -0.2) is 8.42 Å². The van der Waals surface area contributed by atoms with E-state index >= 15 is 0 Å². The van der Waals surface area contributed by atoms with Crippen LogP contribution in [-0.2, 0) is 16.4 Å². The normalized spacial score (nSPS) is 11.9. The Kier molecular flexibility index (Phi) is 4.43. The quantitative estimate of drug-likeness (QED) is 0.823. The third kappa shape index (κ3) is 3.00. The van der Waals surface area contributed by atoms with Crippen molar-refractivity contribution in [1.82, 2.24) is 4.31 Å². The minimum Gasteiger partial charge on any atom is -0.392 e. The Bertz CT molecular complexity index is 479. The molecule has 0 fully saturated rings. The van der Waals surface area contributed by atoms with E-state index in [1.54, 1.807) is 6.07 Å². The molecule has 0 aliphatic heterocycles. The van der Waals surface area contributed by atoms with E-state index in [-0.39, 0.29) is 11.5 Å². The molecular weight excluding hydrogens is 264 g/mol. The average molecular weight is 278 g/mol. The highest BCUT2D eigenvalue weighted by atomic mass is 32.2. The molecule has 0 aliphatic carbocycles. The summed E-state index contributed by atoms with van der Waals surface area (Å²) < 4.78 is 25.5. The first-order valence-corrected chi connectivity index (χ1v) is 7.37. The SMILES string of the molecule is CCc1ccc(S(=O)(=O)N(C)CC(N)=S)s1. The van der Waals surface area contributed by atoms with Gasteiger partial charge >= 0.3 is 0 Å². The van der Waals surface area contributed by atoms with Crippen LogP contribution in [0.15, 0.2) is 16.3 Å². The van der Waals surface area contributed by atoms with Crippen molar-refractivity contribution in [2.24, 2.45) is 5.73 Å². The summed E-state index contributed by atoms with van der Waals surface area (Å²) >= 11 is 5.98. The fraction of sp³-hybridized carbons (Fsp3) is 0.444. The maximum Gasteiger partial charge on any atom is 0.252 e. The van der Waals surface area contributed by atoms with Crippen LogP contribution in [0.2, 0.25) is 0 Å². The Morgan fingerprint density at radius 3 is 2.62 bits per heavy atom. The number of thiophene rings is 1. The molecule has 16 heavy (non-hydrogen) atoms. The zero-order valence-electron chi connectivity index (χ0n) is 9.13. The summed E-state index contributed by atoms with van der Waals surface area (Å²) in [6, 6.07) is 3.45. The molecule has 0 saturated heterocycles. The molecule has 1 rings (SSSR count). The number of nitrogens with two attached hydrogens (primary N) is 1. The van der Waals surface area contributed by atoms with E-state index in [4.69, 9.17) is 18.0 Å². The smallest absolute Gasteiger partial charge is 0.252 e. The van der Waals surface area contributed by atoms with Gasteiger partial charge in [0.2, 0.25) is 0 Å². The molecule has 1 aromatic heterocycles. The first-order chi connectivity index (χ1) is 7.37. The largest absolute Gasteiger partial charge is 0.392 e. The number of nitrogens with zero attached hydrogens (tertiary/aromatic N) is 1. The monoisotopic (exact) mass is 278 g/mol. The topological polar surface area (TPSA) is 63.4 Å². The molecule has 0 amide bonds. The summed E-state index contributed by atoms with van der Waals surface area (Å²) in [5.41, 5.74) is 5.33. The summed E-state index contributed by atoms with van der Waals surface area (Å²) in [5, 5.41) is 0. The lowest BCUT2D eigenvalue weighted by Crippen LogP contribution is -2.34. The molecule has 7 heteroatoms. The van der Waals surface area contributed by atoms with Crippen LogP contribution in [0.5, 0.6) is 0 Å². The van der Waals surface area contributed by atoms with Crippen molar-refractivity contribution in [3.63, 3.8) is 0 Å². The number of sulfonamides is 1. The highest BCUT2D eigenvalue weighted by Gasteiger charge is 2.22.